The predicted molar refractivity (Wildman–Crippen MR) is 66.7 cm³/mol. The number of nitrogens with one attached hydrogen (secondary N) is 1. The summed E-state index contributed by atoms with van der Waals surface area (Å²) in [6, 6.07) is 6.62. The van der Waals surface area contributed by atoms with Gasteiger partial charge in [-0.2, -0.15) is 0 Å². The zero-order valence-electron chi connectivity index (χ0n) is 10.1. The predicted octanol–water partition coefficient (Wildman–Crippen LogP) is 1.38. The Hall–Kier alpha value is -1.13. The molecule has 4 heteroatoms. The van der Waals surface area contributed by atoms with Crippen LogP contribution in [0.2, 0.25) is 0 Å². The van der Waals surface area contributed by atoms with Crippen molar-refractivity contribution in [1.82, 2.24) is 5.32 Å². The first-order valence-electron chi connectivity index (χ1n) is 6.00. The van der Waals surface area contributed by atoms with Crippen LogP contribution in [0.4, 0.5) is 10.1 Å². The third kappa shape index (κ3) is 2.96. The highest BCUT2D eigenvalue weighted by molar-refractivity contribution is 5.47. The summed E-state index contributed by atoms with van der Waals surface area (Å²) in [5.74, 6) is -0.210. The van der Waals surface area contributed by atoms with Crippen LogP contribution in [0, 0.1) is 5.82 Å². The molecule has 0 aromatic heterocycles. The Bertz CT molecular complexity index is 375. The Morgan fingerprint density at radius 3 is 2.71 bits per heavy atom. The molecule has 1 heterocycles. The molecule has 3 nitrogen and oxygen atoms in total. The fourth-order valence-corrected chi connectivity index (χ4v) is 2.36. The minimum atomic E-state index is -0.613. The standard InChI is InChI=1S/C13H19FN2O/c1-15-10-13(17)5-7-16(8-6-13)12-4-2-3-11(14)9-12/h2-4,9,15,17H,5-8,10H2,1H3. The van der Waals surface area contributed by atoms with Crippen LogP contribution in [0.15, 0.2) is 24.3 Å². The largest absolute Gasteiger partial charge is 0.388 e. The van der Waals surface area contributed by atoms with Crippen LogP contribution < -0.4 is 10.2 Å². The molecule has 0 amide bonds. The average Bonchev–Trinajstić information content (AvgIpc) is 2.30. The molecule has 1 aliphatic heterocycles. The van der Waals surface area contributed by atoms with E-state index < -0.39 is 5.60 Å². The number of benzene rings is 1. The van der Waals surface area contributed by atoms with Gasteiger partial charge in [-0.15, -0.1) is 0 Å². The van der Waals surface area contributed by atoms with Gasteiger partial charge in [-0.25, -0.2) is 4.39 Å². The Morgan fingerprint density at radius 2 is 2.12 bits per heavy atom. The lowest BCUT2D eigenvalue weighted by molar-refractivity contribution is 0.0185. The second kappa shape index (κ2) is 5.02. The van der Waals surface area contributed by atoms with Crippen molar-refractivity contribution in [2.75, 3.05) is 31.6 Å². The lowest BCUT2D eigenvalue weighted by Crippen LogP contribution is -2.49. The van der Waals surface area contributed by atoms with E-state index in [2.05, 4.69) is 10.2 Å². The number of likely N-dealkylation sites (N-methyl/N-ethyl adjacent to an activating group) is 1. The fourth-order valence-electron chi connectivity index (χ4n) is 2.36. The molecular weight excluding hydrogens is 219 g/mol. The van der Waals surface area contributed by atoms with Crippen molar-refractivity contribution in [2.45, 2.75) is 18.4 Å². The topological polar surface area (TPSA) is 35.5 Å². The summed E-state index contributed by atoms with van der Waals surface area (Å²) < 4.78 is 13.1. The van der Waals surface area contributed by atoms with Gasteiger partial charge in [-0.3, -0.25) is 0 Å². The Kier molecular flexibility index (Phi) is 3.64. The van der Waals surface area contributed by atoms with Crippen LogP contribution in [0.1, 0.15) is 12.8 Å². The van der Waals surface area contributed by atoms with Gasteiger partial charge in [0.25, 0.3) is 0 Å². The van der Waals surface area contributed by atoms with Gasteiger partial charge in [-0.05, 0) is 38.1 Å². The maximum absolute atomic E-state index is 13.1. The molecule has 1 aliphatic rings. The summed E-state index contributed by atoms with van der Waals surface area (Å²) in [6.45, 7) is 2.15. The van der Waals surface area contributed by atoms with Crippen molar-refractivity contribution in [3.63, 3.8) is 0 Å². The molecule has 0 spiro atoms. The molecule has 2 rings (SSSR count). The van der Waals surface area contributed by atoms with Gasteiger partial charge < -0.3 is 15.3 Å². The highest BCUT2D eigenvalue weighted by atomic mass is 19.1. The Balaban J connectivity index is 1.99. The molecular formula is C13H19FN2O. The van der Waals surface area contributed by atoms with E-state index in [1.54, 1.807) is 12.1 Å². The monoisotopic (exact) mass is 238 g/mol. The average molecular weight is 238 g/mol. The second-order valence-corrected chi connectivity index (χ2v) is 4.72. The summed E-state index contributed by atoms with van der Waals surface area (Å²) in [6.07, 6.45) is 1.43. The number of rotatable bonds is 3. The summed E-state index contributed by atoms with van der Waals surface area (Å²) in [5, 5.41) is 13.2. The molecule has 2 N–H and O–H groups in total. The molecule has 1 fully saturated rings. The second-order valence-electron chi connectivity index (χ2n) is 4.72. The molecule has 17 heavy (non-hydrogen) atoms. The minimum absolute atomic E-state index is 0.210. The van der Waals surface area contributed by atoms with E-state index in [9.17, 15) is 9.50 Å². The SMILES string of the molecule is CNCC1(O)CCN(c2cccc(F)c2)CC1. The third-order valence-corrected chi connectivity index (χ3v) is 3.37. The van der Waals surface area contributed by atoms with Crippen molar-refractivity contribution in [3.05, 3.63) is 30.1 Å². The molecule has 1 aromatic carbocycles. The van der Waals surface area contributed by atoms with Crippen molar-refractivity contribution < 1.29 is 9.50 Å². The summed E-state index contributed by atoms with van der Waals surface area (Å²) in [4.78, 5) is 2.12. The highest BCUT2D eigenvalue weighted by Gasteiger charge is 2.31. The Labute approximate surface area is 101 Å². The van der Waals surface area contributed by atoms with Gasteiger partial charge in [0.05, 0.1) is 5.60 Å². The summed E-state index contributed by atoms with van der Waals surface area (Å²) >= 11 is 0. The van der Waals surface area contributed by atoms with E-state index in [1.165, 1.54) is 6.07 Å². The van der Waals surface area contributed by atoms with E-state index in [-0.39, 0.29) is 5.82 Å². The van der Waals surface area contributed by atoms with Gasteiger partial charge in [0, 0.05) is 25.3 Å². The van der Waals surface area contributed by atoms with Crippen molar-refractivity contribution in [3.8, 4) is 0 Å². The number of hydrogen-bond acceptors (Lipinski definition) is 3. The van der Waals surface area contributed by atoms with Crippen LogP contribution in [-0.2, 0) is 0 Å². The van der Waals surface area contributed by atoms with Gasteiger partial charge >= 0.3 is 0 Å². The van der Waals surface area contributed by atoms with E-state index in [4.69, 9.17) is 0 Å². The number of aliphatic hydroxyl groups is 1. The lowest BCUT2D eigenvalue weighted by atomic mass is 9.91. The first-order valence-corrected chi connectivity index (χ1v) is 6.00. The molecule has 1 aromatic rings. The molecule has 0 bridgehead atoms. The van der Waals surface area contributed by atoms with Gasteiger partial charge in [0.15, 0.2) is 0 Å². The van der Waals surface area contributed by atoms with Crippen LogP contribution in [0.25, 0.3) is 0 Å². The smallest absolute Gasteiger partial charge is 0.125 e. The van der Waals surface area contributed by atoms with Gasteiger partial charge in [-0.1, -0.05) is 6.07 Å². The van der Waals surface area contributed by atoms with Crippen LogP contribution in [0.5, 0.6) is 0 Å². The lowest BCUT2D eigenvalue weighted by Gasteiger charge is -2.39. The zero-order chi connectivity index (χ0) is 12.3. The summed E-state index contributed by atoms with van der Waals surface area (Å²) in [7, 11) is 1.84. The maximum atomic E-state index is 13.1. The molecule has 0 atom stereocenters. The fraction of sp³-hybridized carbons (Fsp3) is 0.538. The number of nitrogens with zero attached hydrogens (tertiary/aromatic N) is 1. The van der Waals surface area contributed by atoms with Gasteiger partial charge in [0.1, 0.15) is 5.82 Å². The highest BCUT2D eigenvalue weighted by Crippen LogP contribution is 2.26. The van der Waals surface area contributed by atoms with Crippen LogP contribution in [0.3, 0.4) is 0 Å². The van der Waals surface area contributed by atoms with Crippen molar-refractivity contribution in [2.24, 2.45) is 0 Å². The van der Waals surface area contributed by atoms with Crippen molar-refractivity contribution in [1.29, 1.82) is 0 Å². The van der Waals surface area contributed by atoms with E-state index in [1.807, 2.05) is 13.1 Å². The van der Waals surface area contributed by atoms with Crippen LogP contribution in [-0.4, -0.2) is 37.4 Å². The number of piperidine rings is 1. The maximum Gasteiger partial charge on any atom is 0.125 e. The molecule has 1 saturated heterocycles. The summed E-state index contributed by atoms with van der Waals surface area (Å²) in [5.41, 5.74) is 0.287. The molecule has 94 valence electrons. The molecule has 0 unspecified atom stereocenters. The first-order chi connectivity index (χ1) is 8.13. The van der Waals surface area contributed by atoms with Crippen molar-refractivity contribution >= 4 is 5.69 Å². The van der Waals surface area contributed by atoms with E-state index in [0.29, 0.717) is 19.4 Å². The quantitative estimate of drug-likeness (QED) is 0.835. The molecule has 0 radical (unpaired) electrons. The number of hydrogen-bond donors (Lipinski definition) is 2. The molecule has 0 aliphatic carbocycles. The zero-order valence-corrected chi connectivity index (χ0v) is 10.1. The normalized spacial score (nSPS) is 19.4. The van der Waals surface area contributed by atoms with Crippen LogP contribution >= 0.6 is 0 Å². The third-order valence-electron chi connectivity index (χ3n) is 3.37. The van der Waals surface area contributed by atoms with E-state index >= 15 is 0 Å². The van der Waals surface area contributed by atoms with E-state index in [0.717, 1.165) is 18.8 Å². The molecule has 0 saturated carbocycles. The minimum Gasteiger partial charge on any atom is -0.388 e. The Morgan fingerprint density at radius 1 is 1.41 bits per heavy atom. The number of halogens is 1. The first kappa shape index (κ1) is 12.3. The van der Waals surface area contributed by atoms with Gasteiger partial charge in [0.2, 0.25) is 0 Å². The number of anilines is 1.